The van der Waals surface area contributed by atoms with Crippen molar-refractivity contribution in [2.24, 2.45) is 0 Å². The monoisotopic (exact) mass is 339 g/mol. The van der Waals surface area contributed by atoms with Crippen LogP contribution >= 0.6 is 11.8 Å². The molecule has 0 radical (unpaired) electrons. The lowest BCUT2D eigenvalue weighted by molar-refractivity contribution is -0.119. The van der Waals surface area contributed by atoms with E-state index in [4.69, 9.17) is 4.74 Å². The van der Waals surface area contributed by atoms with Crippen LogP contribution in [-0.4, -0.2) is 27.7 Å². The minimum atomic E-state index is 0.00869. The number of carbonyl (C=O) groups excluding carboxylic acids is 1. The van der Waals surface area contributed by atoms with Gasteiger partial charge >= 0.3 is 0 Å². The minimum Gasteiger partial charge on any atom is -0.493 e. The molecule has 6 heteroatoms. The van der Waals surface area contributed by atoms with Crippen molar-refractivity contribution in [2.75, 3.05) is 12.4 Å². The number of nitrogens with zero attached hydrogens (tertiary/aromatic N) is 2. The molecule has 1 aromatic carbocycles. The lowest BCUT2D eigenvalue weighted by Crippen LogP contribution is -2.33. The summed E-state index contributed by atoms with van der Waals surface area (Å²) < 4.78 is 7.62. The van der Waals surface area contributed by atoms with Crippen molar-refractivity contribution in [1.29, 1.82) is 0 Å². The number of imidazole rings is 1. The Morgan fingerprint density at radius 3 is 3.12 bits per heavy atom. The molecule has 4 rings (SSSR count). The Hall–Kier alpha value is -2.47. The van der Waals surface area contributed by atoms with Gasteiger partial charge in [0.2, 0.25) is 5.91 Å². The SMILES string of the molecule is O=C(CSc1ncc2ccccn12)NC1CCOc2ccccc21. The lowest BCUT2D eigenvalue weighted by atomic mass is 10.0. The fraction of sp³-hybridized carbons (Fsp3) is 0.222. The summed E-state index contributed by atoms with van der Waals surface area (Å²) in [6.07, 6.45) is 4.56. The van der Waals surface area contributed by atoms with Gasteiger partial charge in [-0.1, -0.05) is 36.0 Å². The van der Waals surface area contributed by atoms with Gasteiger partial charge in [0.1, 0.15) is 5.75 Å². The number of thioether (sulfide) groups is 1. The Kier molecular flexibility index (Phi) is 4.13. The van der Waals surface area contributed by atoms with E-state index in [2.05, 4.69) is 10.3 Å². The molecular weight excluding hydrogens is 322 g/mol. The summed E-state index contributed by atoms with van der Waals surface area (Å²) in [5.41, 5.74) is 2.08. The fourth-order valence-electron chi connectivity index (χ4n) is 2.88. The largest absolute Gasteiger partial charge is 0.493 e. The van der Waals surface area contributed by atoms with Gasteiger partial charge in [0.25, 0.3) is 0 Å². The quantitative estimate of drug-likeness (QED) is 0.742. The molecule has 3 heterocycles. The summed E-state index contributed by atoms with van der Waals surface area (Å²) in [5.74, 6) is 1.21. The average molecular weight is 339 g/mol. The van der Waals surface area contributed by atoms with Gasteiger partial charge in [-0.3, -0.25) is 9.20 Å². The van der Waals surface area contributed by atoms with E-state index in [0.29, 0.717) is 12.4 Å². The van der Waals surface area contributed by atoms with E-state index in [0.717, 1.165) is 28.4 Å². The number of benzene rings is 1. The number of amides is 1. The van der Waals surface area contributed by atoms with Crippen LogP contribution in [0.1, 0.15) is 18.0 Å². The van der Waals surface area contributed by atoms with Crippen LogP contribution in [0.4, 0.5) is 0 Å². The topological polar surface area (TPSA) is 55.6 Å². The van der Waals surface area contributed by atoms with Crippen molar-refractivity contribution in [3.8, 4) is 5.75 Å². The molecule has 24 heavy (non-hydrogen) atoms. The van der Waals surface area contributed by atoms with Crippen molar-refractivity contribution < 1.29 is 9.53 Å². The summed E-state index contributed by atoms with van der Waals surface area (Å²) in [6, 6.07) is 13.8. The third-order valence-electron chi connectivity index (χ3n) is 4.03. The van der Waals surface area contributed by atoms with Crippen LogP contribution in [0.3, 0.4) is 0 Å². The summed E-state index contributed by atoms with van der Waals surface area (Å²) in [4.78, 5) is 16.7. The van der Waals surface area contributed by atoms with E-state index < -0.39 is 0 Å². The molecule has 0 aliphatic carbocycles. The van der Waals surface area contributed by atoms with Gasteiger partial charge in [0, 0.05) is 18.2 Å². The van der Waals surface area contributed by atoms with Crippen molar-refractivity contribution in [3.63, 3.8) is 0 Å². The Morgan fingerprint density at radius 1 is 1.29 bits per heavy atom. The molecule has 1 aliphatic heterocycles. The molecule has 1 unspecified atom stereocenters. The van der Waals surface area contributed by atoms with Crippen LogP contribution < -0.4 is 10.1 Å². The molecule has 1 atom stereocenters. The Labute approximate surface area is 144 Å². The van der Waals surface area contributed by atoms with Crippen LogP contribution in [0.5, 0.6) is 5.75 Å². The van der Waals surface area contributed by atoms with Crippen molar-refractivity contribution >= 4 is 23.2 Å². The zero-order chi connectivity index (χ0) is 16.4. The highest BCUT2D eigenvalue weighted by Gasteiger charge is 2.22. The van der Waals surface area contributed by atoms with E-state index >= 15 is 0 Å². The number of ether oxygens (including phenoxy) is 1. The molecule has 2 aromatic heterocycles. The first-order chi connectivity index (χ1) is 11.8. The predicted octanol–water partition coefficient (Wildman–Crippen LogP) is 3.07. The maximum absolute atomic E-state index is 12.3. The predicted molar refractivity (Wildman–Crippen MR) is 93.4 cm³/mol. The van der Waals surface area contributed by atoms with Gasteiger partial charge < -0.3 is 10.1 Å². The van der Waals surface area contributed by atoms with Gasteiger partial charge in [0.15, 0.2) is 5.16 Å². The van der Waals surface area contributed by atoms with Gasteiger partial charge in [-0.15, -0.1) is 0 Å². The van der Waals surface area contributed by atoms with Crippen molar-refractivity contribution in [2.45, 2.75) is 17.6 Å². The first kappa shape index (κ1) is 15.1. The molecule has 1 amide bonds. The number of hydrogen-bond acceptors (Lipinski definition) is 4. The highest BCUT2D eigenvalue weighted by Crippen LogP contribution is 2.31. The van der Waals surface area contributed by atoms with Gasteiger partial charge in [-0.05, 0) is 18.2 Å². The zero-order valence-electron chi connectivity index (χ0n) is 13.0. The van der Waals surface area contributed by atoms with Crippen LogP contribution in [0.2, 0.25) is 0 Å². The Bertz CT molecular complexity index is 877. The van der Waals surface area contributed by atoms with Crippen LogP contribution in [0.15, 0.2) is 60.0 Å². The second-order valence-corrected chi connectivity index (χ2v) is 6.56. The van der Waals surface area contributed by atoms with Gasteiger partial charge in [-0.2, -0.15) is 0 Å². The van der Waals surface area contributed by atoms with E-state index in [9.17, 15) is 4.79 Å². The number of hydrogen-bond donors (Lipinski definition) is 1. The summed E-state index contributed by atoms with van der Waals surface area (Å²) in [7, 11) is 0. The number of pyridine rings is 1. The molecule has 0 spiro atoms. The molecule has 1 aliphatic rings. The number of nitrogens with one attached hydrogen (secondary N) is 1. The second-order valence-electron chi connectivity index (χ2n) is 5.62. The number of carbonyl (C=O) groups is 1. The third kappa shape index (κ3) is 2.97. The molecule has 5 nitrogen and oxygen atoms in total. The van der Waals surface area contributed by atoms with Gasteiger partial charge in [0.05, 0.1) is 30.1 Å². The Morgan fingerprint density at radius 2 is 2.17 bits per heavy atom. The molecule has 1 N–H and O–H groups in total. The standard InChI is InChI=1S/C18H17N3O2S/c22-17(12-24-18-19-11-13-5-3-4-9-21(13)18)20-15-8-10-23-16-7-2-1-6-14(15)16/h1-7,9,11,15H,8,10,12H2,(H,20,22). The van der Waals surface area contributed by atoms with Crippen LogP contribution in [0, 0.1) is 0 Å². The van der Waals surface area contributed by atoms with E-state index in [1.54, 1.807) is 0 Å². The summed E-state index contributed by atoms with van der Waals surface area (Å²) >= 11 is 1.44. The number of aromatic nitrogens is 2. The smallest absolute Gasteiger partial charge is 0.230 e. The molecule has 122 valence electrons. The summed E-state index contributed by atoms with van der Waals surface area (Å²) in [5, 5.41) is 3.94. The molecular formula is C18H17N3O2S. The lowest BCUT2D eigenvalue weighted by Gasteiger charge is -2.26. The van der Waals surface area contributed by atoms with Crippen molar-refractivity contribution in [3.05, 3.63) is 60.4 Å². The maximum Gasteiger partial charge on any atom is 0.230 e. The van der Waals surface area contributed by atoms with Crippen LogP contribution in [0.25, 0.3) is 5.52 Å². The van der Waals surface area contributed by atoms with Crippen LogP contribution in [-0.2, 0) is 4.79 Å². The first-order valence-corrected chi connectivity index (χ1v) is 8.86. The van der Waals surface area contributed by atoms with E-state index in [1.165, 1.54) is 11.8 Å². The minimum absolute atomic E-state index is 0.00869. The molecule has 3 aromatic rings. The molecule has 0 fully saturated rings. The molecule has 0 bridgehead atoms. The highest BCUT2D eigenvalue weighted by atomic mass is 32.2. The Balaban J connectivity index is 1.41. The first-order valence-electron chi connectivity index (χ1n) is 7.87. The van der Waals surface area contributed by atoms with Crippen molar-refractivity contribution in [1.82, 2.24) is 14.7 Å². The normalized spacial score (nSPS) is 16.4. The summed E-state index contributed by atoms with van der Waals surface area (Å²) in [6.45, 7) is 0.625. The maximum atomic E-state index is 12.3. The fourth-order valence-corrected chi connectivity index (χ4v) is 3.66. The average Bonchev–Trinajstić information content (AvgIpc) is 3.04. The van der Waals surface area contributed by atoms with E-state index in [-0.39, 0.29) is 11.9 Å². The number of fused-ring (bicyclic) bond motifs is 2. The zero-order valence-corrected chi connectivity index (χ0v) is 13.8. The number of para-hydroxylation sites is 1. The number of rotatable bonds is 4. The van der Waals surface area contributed by atoms with Gasteiger partial charge in [-0.25, -0.2) is 4.98 Å². The highest BCUT2D eigenvalue weighted by molar-refractivity contribution is 7.99. The molecule has 0 saturated carbocycles. The second kappa shape index (κ2) is 6.57. The molecule has 0 saturated heterocycles. The third-order valence-corrected chi connectivity index (χ3v) is 5.00. The van der Waals surface area contributed by atoms with E-state index in [1.807, 2.05) is 59.3 Å².